The Morgan fingerprint density at radius 2 is 1.79 bits per heavy atom. The van der Waals surface area contributed by atoms with Crippen molar-refractivity contribution >= 4 is 29.1 Å². The Balaban J connectivity index is 1.41. The summed E-state index contributed by atoms with van der Waals surface area (Å²) < 4.78 is 50.6. The van der Waals surface area contributed by atoms with E-state index in [-0.39, 0.29) is 5.56 Å². The summed E-state index contributed by atoms with van der Waals surface area (Å²) in [5.41, 5.74) is 2.72. The zero-order valence-corrected chi connectivity index (χ0v) is 27.3. The fourth-order valence-electron chi connectivity index (χ4n) is 5.60. The van der Waals surface area contributed by atoms with Crippen molar-refractivity contribution in [3.8, 4) is 11.1 Å². The second-order valence-corrected chi connectivity index (χ2v) is 13.2. The first kappa shape index (κ1) is 33.9. The standard InChI is InChI=1S/C35H40F3N5O4/c1-22-6-7-26(40-31(44)24-8-13-39-29(19-24)35(36,37)38)21-27(22)25-18-28(23-9-16-46-17-10-23)41-30(20-25)43-14-11-34(5,12-15-43)42-32(45)47-33(2,3)4/h6-9,13,18-21H,10-12,14-17H2,1-5H3,(H,40,44)(H,42,45). The maximum atomic E-state index is 13.2. The van der Waals surface area contributed by atoms with Gasteiger partial charge in [-0.05, 0) is 113 Å². The average molecular weight is 652 g/mol. The quantitative estimate of drug-likeness (QED) is 0.286. The van der Waals surface area contributed by atoms with Crippen molar-refractivity contribution in [2.75, 3.05) is 36.5 Å². The van der Waals surface area contributed by atoms with Gasteiger partial charge in [-0.1, -0.05) is 12.1 Å². The number of carbonyl (C=O) groups excluding carboxylic acids is 2. The molecule has 12 heteroatoms. The van der Waals surface area contributed by atoms with Crippen LogP contribution in [-0.4, -0.2) is 59.4 Å². The smallest absolute Gasteiger partial charge is 0.433 e. The number of aryl methyl sites for hydroxylation is 1. The van der Waals surface area contributed by atoms with Crippen LogP contribution >= 0.6 is 0 Å². The molecule has 0 unspecified atom stereocenters. The fraction of sp³-hybridized carbons (Fsp3) is 0.429. The largest absolute Gasteiger partial charge is 0.444 e. The molecule has 0 bridgehead atoms. The molecule has 47 heavy (non-hydrogen) atoms. The Kier molecular flexibility index (Phi) is 9.63. The number of hydrogen-bond acceptors (Lipinski definition) is 7. The summed E-state index contributed by atoms with van der Waals surface area (Å²) >= 11 is 0. The number of rotatable bonds is 6. The third-order valence-electron chi connectivity index (χ3n) is 8.22. The van der Waals surface area contributed by atoms with E-state index in [1.165, 1.54) is 6.07 Å². The Hall–Kier alpha value is -4.45. The molecule has 1 aromatic carbocycles. The van der Waals surface area contributed by atoms with E-state index in [2.05, 4.69) is 20.5 Å². The summed E-state index contributed by atoms with van der Waals surface area (Å²) in [4.78, 5) is 36.1. The first-order valence-electron chi connectivity index (χ1n) is 15.6. The maximum Gasteiger partial charge on any atom is 0.433 e. The van der Waals surface area contributed by atoms with Gasteiger partial charge in [-0.25, -0.2) is 9.78 Å². The van der Waals surface area contributed by atoms with Gasteiger partial charge in [-0.15, -0.1) is 0 Å². The molecule has 1 saturated heterocycles. The number of pyridine rings is 2. The van der Waals surface area contributed by atoms with E-state index < -0.39 is 35.0 Å². The van der Waals surface area contributed by atoms with E-state index in [0.29, 0.717) is 51.3 Å². The number of nitrogens with zero attached hydrogens (tertiary/aromatic N) is 3. The number of aromatic nitrogens is 2. The third-order valence-corrected chi connectivity index (χ3v) is 8.22. The van der Waals surface area contributed by atoms with Gasteiger partial charge in [0, 0.05) is 36.1 Å². The number of hydrogen-bond donors (Lipinski definition) is 2. The van der Waals surface area contributed by atoms with Crippen LogP contribution in [0.3, 0.4) is 0 Å². The first-order chi connectivity index (χ1) is 22.1. The minimum absolute atomic E-state index is 0.146. The van der Waals surface area contributed by atoms with Gasteiger partial charge >= 0.3 is 12.3 Å². The molecule has 9 nitrogen and oxygen atoms in total. The van der Waals surface area contributed by atoms with Crippen molar-refractivity contribution in [1.29, 1.82) is 0 Å². The van der Waals surface area contributed by atoms with E-state index in [9.17, 15) is 22.8 Å². The van der Waals surface area contributed by atoms with Crippen molar-refractivity contribution in [2.45, 2.75) is 71.2 Å². The van der Waals surface area contributed by atoms with Crippen molar-refractivity contribution in [2.24, 2.45) is 0 Å². The highest BCUT2D eigenvalue weighted by Gasteiger charge is 2.34. The van der Waals surface area contributed by atoms with Gasteiger partial charge < -0.3 is 25.0 Å². The minimum atomic E-state index is -4.66. The highest BCUT2D eigenvalue weighted by Crippen LogP contribution is 2.35. The van der Waals surface area contributed by atoms with Gasteiger partial charge in [0.1, 0.15) is 17.1 Å². The second kappa shape index (κ2) is 13.3. The second-order valence-electron chi connectivity index (χ2n) is 13.2. The number of alkyl halides is 3. The topological polar surface area (TPSA) is 106 Å². The Labute approximate surface area is 272 Å². The highest BCUT2D eigenvalue weighted by molar-refractivity contribution is 6.04. The van der Waals surface area contributed by atoms with Crippen molar-refractivity contribution in [1.82, 2.24) is 15.3 Å². The van der Waals surface area contributed by atoms with Gasteiger partial charge in [-0.2, -0.15) is 13.2 Å². The zero-order valence-electron chi connectivity index (χ0n) is 27.3. The van der Waals surface area contributed by atoms with E-state index in [0.717, 1.165) is 46.0 Å². The molecule has 3 aromatic rings. The molecule has 2 N–H and O–H groups in total. The summed E-state index contributed by atoms with van der Waals surface area (Å²) in [7, 11) is 0. The average Bonchev–Trinajstić information content (AvgIpc) is 3.01. The van der Waals surface area contributed by atoms with Crippen molar-refractivity contribution in [3.63, 3.8) is 0 Å². The Morgan fingerprint density at radius 3 is 2.45 bits per heavy atom. The molecule has 2 aromatic heterocycles. The summed E-state index contributed by atoms with van der Waals surface area (Å²) in [6, 6.07) is 11.4. The molecule has 0 spiro atoms. The number of piperidine rings is 1. The molecule has 250 valence electrons. The molecule has 0 atom stereocenters. The zero-order chi connectivity index (χ0) is 34.0. The molecular formula is C35H40F3N5O4. The van der Waals surface area contributed by atoms with Crippen LogP contribution < -0.4 is 15.5 Å². The Morgan fingerprint density at radius 1 is 1.04 bits per heavy atom. The van der Waals surface area contributed by atoms with Gasteiger partial charge in [0.2, 0.25) is 0 Å². The lowest BCUT2D eigenvalue weighted by Gasteiger charge is -2.40. The van der Waals surface area contributed by atoms with Crippen molar-refractivity contribution in [3.05, 3.63) is 77.3 Å². The lowest BCUT2D eigenvalue weighted by Crippen LogP contribution is -2.54. The van der Waals surface area contributed by atoms with Crippen LogP contribution in [-0.2, 0) is 15.7 Å². The molecular weight excluding hydrogens is 611 g/mol. The van der Waals surface area contributed by atoms with Crippen LogP contribution in [0.1, 0.15) is 74.3 Å². The van der Waals surface area contributed by atoms with Gasteiger partial charge in [0.15, 0.2) is 0 Å². The minimum Gasteiger partial charge on any atom is -0.444 e. The van der Waals surface area contributed by atoms with Gasteiger partial charge in [-0.3, -0.25) is 9.78 Å². The summed E-state index contributed by atoms with van der Waals surface area (Å²) in [5, 5.41) is 5.79. The van der Waals surface area contributed by atoms with Crippen molar-refractivity contribution < 1.29 is 32.2 Å². The predicted octanol–water partition coefficient (Wildman–Crippen LogP) is 7.41. The summed E-state index contributed by atoms with van der Waals surface area (Å²) in [6.45, 7) is 11.9. The SMILES string of the molecule is Cc1ccc(NC(=O)c2ccnc(C(F)(F)F)c2)cc1-c1cc(C2=CCOCC2)nc(N2CCC(C)(NC(=O)OC(C)(C)C)CC2)c1. The number of ether oxygens (including phenoxy) is 2. The van der Waals surface area contributed by atoms with Crippen LogP contribution in [0.5, 0.6) is 0 Å². The van der Waals surface area contributed by atoms with Crippen LogP contribution in [0.2, 0.25) is 0 Å². The molecule has 2 aliphatic heterocycles. The van der Waals surface area contributed by atoms with Gasteiger partial charge in [0.05, 0.1) is 18.9 Å². The summed E-state index contributed by atoms with van der Waals surface area (Å²) in [5.74, 6) is 0.113. The molecule has 2 aliphatic rings. The lowest BCUT2D eigenvalue weighted by atomic mass is 9.89. The number of nitrogens with one attached hydrogen (secondary N) is 2. The number of alkyl carbamates (subject to hydrolysis) is 1. The van der Waals surface area contributed by atoms with Crippen LogP contribution in [0.15, 0.2) is 54.7 Å². The number of anilines is 2. The lowest BCUT2D eigenvalue weighted by molar-refractivity contribution is -0.141. The van der Waals surface area contributed by atoms with E-state index >= 15 is 0 Å². The third kappa shape index (κ3) is 8.68. The predicted molar refractivity (Wildman–Crippen MR) is 174 cm³/mol. The van der Waals surface area contributed by atoms with Gasteiger partial charge in [0.25, 0.3) is 5.91 Å². The van der Waals surface area contributed by atoms with E-state index in [4.69, 9.17) is 14.5 Å². The number of halogens is 3. The van der Waals surface area contributed by atoms with Crippen LogP contribution in [0.25, 0.3) is 16.7 Å². The molecule has 5 rings (SSSR count). The molecule has 0 aliphatic carbocycles. The number of amides is 2. The maximum absolute atomic E-state index is 13.2. The Bertz CT molecular complexity index is 1670. The molecule has 0 radical (unpaired) electrons. The number of benzene rings is 1. The molecule has 4 heterocycles. The monoisotopic (exact) mass is 651 g/mol. The normalized spacial score (nSPS) is 16.7. The highest BCUT2D eigenvalue weighted by atomic mass is 19.4. The molecule has 1 fully saturated rings. The van der Waals surface area contributed by atoms with Crippen LogP contribution in [0.4, 0.5) is 29.5 Å². The van der Waals surface area contributed by atoms with E-state index in [1.807, 2.05) is 65.0 Å². The fourth-order valence-corrected chi connectivity index (χ4v) is 5.60. The number of carbonyl (C=O) groups is 2. The summed E-state index contributed by atoms with van der Waals surface area (Å²) in [6.07, 6.45) is 0.00527. The molecule has 2 amide bonds. The molecule has 0 saturated carbocycles. The first-order valence-corrected chi connectivity index (χ1v) is 15.6. The van der Waals surface area contributed by atoms with E-state index in [1.54, 1.807) is 6.07 Å². The van der Waals surface area contributed by atoms with Crippen LogP contribution in [0, 0.1) is 6.92 Å².